The van der Waals surface area contributed by atoms with Crippen LogP contribution in [0.4, 0.5) is 0 Å². The van der Waals surface area contributed by atoms with E-state index in [2.05, 4.69) is 34.0 Å². The van der Waals surface area contributed by atoms with Gasteiger partial charge >= 0.3 is 0 Å². The Morgan fingerprint density at radius 2 is 1.34 bits per heavy atom. The number of hydrogen-bond acceptors (Lipinski definition) is 1. The normalized spacial score (nSPS) is 13.7. The lowest BCUT2D eigenvalue weighted by atomic mass is 9.80. The molecule has 2 aromatic rings. The summed E-state index contributed by atoms with van der Waals surface area (Å²) in [5, 5.41) is 9.52. The lowest BCUT2D eigenvalue weighted by Crippen LogP contribution is -2.23. The standard InChI is InChI=1S/C26H29N3/c1-18-10-20(14-21(11-18)24(3,4)17-27)16-26(7,29-9)23-13-19(2)12-22(15-23)25(5,6)28-8/h10-15H,16H2,1-7H3. The Hall–Kier alpha value is -3.09. The van der Waals surface area contributed by atoms with Crippen LogP contribution in [0.5, 0.6) is 0 Å². The Morgan fingerprint density at radius 3 is 1.90 bits per heavy atom. The molecule has 0 saturated heterocycles. The number of rotatable bonds is 5. The van der Waals surface area contributed by atoms with Crippen LogP contribution in [0, 0.1) is 38.3 Å². The molecule has 3 nitrogen and oxygen atoms in total. The molecule has 0 N–H and O–H groups in total. The highest BCUT2D eigenvalue weighted by atomic mass is 14.8. The van der Waals surface area contributed by atoms with E-state index in [1.165, 1.54) is 0 Å². The third kappa shape index (κ3) is 4.67. The van der Waals surface area contributed by atoms with Crippen molar-refractivity contribution in [2.45, 2.75) is 71.4 Å². The Kier molecular flexibility index (Phi) is 5.92. The van der Waals surface area contributed by atoms with E-state index in [1.54, 1.807) is 0 Å². The van der Waals surface area contributed by atoms with Gasteiger partial charge in [-0.05, 0) is 62.6 Å². The van der Waals surface area contributed by atoms with Crippen molar-refractivity contribution in [2.75, 3.05) is 0 Å². The highest BCUT2D eigenvalue weighted by molar-refractivity contribution is 5.43. The molecule has 2 rings (SSSR count). The summed E-state index contributed by atoms with van der Waals surface area (Å²) < 4.78 is 0. The largest absolute Gasteiger partial charge is 0.306 e. The molecule has 0 radical (unpaired) electrons. The maximum Gasteiger partial charge on any atom is 0.258 e. The molecule has 0 aliphatic heterocycles. The van der Waals surface area contributed by atoms with Gasteiger partial charge in [-0.25, -0.2) is 13.1 Å². The Balaban J connectivity index is 2.57. The predicted octanol–water partition coefficient (Wildman–Crippen LogP) is 6.64. The van der Waals surface area contributed by atoms with Gasteiger partial charge in [-0.2, -0.15) is 5.26 Å². The number of nitrogens with zero attached hydrogens (tertiary/aromatic N) is 3. The molecule has 0 aromatic heterocycles. The Bertz CT molecular complexity index is 1050. The third-order valence-electron chi connectivity index (χ3n) is 5.62. The molecule has 0 spiro atoms. The first-order valence-electron chi connectivity index (χ1n) is 9.79. The quantitative estimate of drug-likeness (QED) is 0.533. The van der Waals surface area contributed by atoms with Crippen LogP contribution in [0.2, 0.25) is 0 Å². The van der Waals surface area contributed by atoms with Gasteiger partial charge in [-0.1, -0.05) is 23.8 Å². The highest BCUT2D eigenvalue weighted by Gasteiger charge is 2.36. The molecule has 0 fully saturated rings. The van der Waals surface area contributed by atoms with Crippen LogP contribution in [0.25, 0.3) is 9.69 Å². The summed E-state index contributed by atoms with van der Waals surface area (Å²) in [7, 11) is 0. The SMILES string of the molecule is [C-]#[N+]C(C)(C)c1cc(C)cc(C(C)(Cc2cc(C)cc(C(C)(C)C#N)c2)[N+]#[C-])c1. The summed E-state index contributed by atoms with van der Waals surface area (Å²) in [6.07, 6.45) is 0.550. The van der Waals surface area contributed by atoms with Gasteiger partial charge in [-0.3, -0.25) is 0 Å². The van der Waals surface area contributed by atoms with Crippen LogP contribution in [0.1, 0.15) is 68.0 Å². The van der Waals surface area contributed by atoms with E-state index in [-0.39, 0.29) is 0 Å². The van der Waals surface area contributed by atoms with E-state index in [9.17, 15) is 5.26 Å². The number of nitriles is 1. The van der Waals surface area contributed by atoms with Crippen molar-refractivity contribution in [3.8, 4) is 6.07 Å². The van der Waals surface area contributed by atoms with Crippen LogP contribution in [0.15, 0.2) is 36.4 Å². The lowest BCUT2D eigenvalue weighted by molar-refractivity contribution is 0.577. The van der Waals surface area contributed by atoms with Gasteiger partial charge in [0.25, 0.3) is 11.1 Å². The third-order valence-corrected chi connectivity index (χ3v) is 5.62. The minimum Gasteiger partial charge on any atom is -0.306 e. The van der Waals surface area contributed by atoms with Crippen LogP contribution >= 0.6 is 0 Å². The van der Waals surface area contributed by atoms with Crippen LogP contribution in [-0.2, 0) is 22.9 Å². The van der Waals surface area contributed by atoms with Crippen molar-refractivity contribution in [3.63, 3.8) is 0 Å². The smallest absolute Gasteiger partial charge is 0.258 e. The molecule has 0 aliphatic rings. The molecule has 29 heavy (non-hydrogen) atoms. The van der Waals surface area contributed by atoms with Crippen molar-refractivity contribution in [1.29, 1.82) is 5.26 Å². The number of aryl methyl sites for hydroxylation is 2. The fourth-order valence-electron chi connectivity index (χ4n) is 3.51. The van der Waals surface area contributed by atoms with Crippen molar-refractivity contribution in [3.05, 3.63) is 92.6 Å². The first kappa shape index (κ1) is 22.2. The average molecular weight is 384 g/mol. The van der Waals surface area contributed by atoms with Gasteiger partial charge in [0.1, 0.15) is 0 Å². The molecular formula is C26H29N3. The molecule has 0 amide bonds. The van der Waals surface area contributed by atoms with Crippen molar-refractivity contribution < 1.29 is 0 Å². The fourth-order valence-corrected chi connectivity index (χ4v) is 3.51. The summed E-state index contributed by atoms with van der Waals surface area (Å²) in [5.41, 5.74) is 4.08. The van der Waals surface area contributed by atoms with Gasteiger partial charge in [0, 0.05) is 31.9 Å². The monoisotopic (exact) mass is 383 g/mol. The first-order valence-corrected chi connectivity index (χ1v) is 9.79. The topological polar surface area (TPSA) is 32.5 Å². The second-order valence-electron chi connectivity index (χ2n) is 9.27. The molecule has 3 heteroatoms. The van der Waals surface area contributed by atoms with E-state index in [0.717, 1.165) is 33.4 Å². The Labute approximate surface area is 175 Å². The predicted molar refractivity (Wildman–Crippen MR) is 118 cm³/mol. The summed E-state index contributed by atoms with van der Waals surface area (Å²) in [6, 6.07) is 14.7. The Morgan fingerprint density at radius 1 is 0.793 bits per heavy atom. The molecule has 0 bridgehead atoms. The van der Waals surface area contributed by atoms with Gasteiger partial charge < -0.3 is 9.69 Å². The van der Waals surface area contributed by atoms with Gasteiger partial charge in [-0.15, -0.1) is 0 Å². The van der Waals surface area contributed by atoms with Crippen molar-refractivity contribution in [1.82, 2.24) is 0 Å². The molecule has 0 aliphatic carbocycles. The minimum atomic E-state index is -0.749. The molecular weight excluding hydrogens is 354 g/mol. The summed E-state index contributed by atoms with van der Waals surface area (Å²) in [5.74, 6) is 0. The van der Waals surface area contributed by atoms with Crippen LogP contribution in [-0.4, -0.2) is 0 Å². The van der Waals surface area contributed by atoms with E-state index in [0.29, 0.717) is 6.42 Å². The van der Waals surface area contributed by atoms with Gasteiger partial charge in [0.05, 0.1) is 17.9 Å². The molecule has 0 saturated carbocycles. The average Bonchev–Trinajstić information content (AvgIpc) is 2.66. The number of benzene rings is 2. The molecule has 1 atom stereocenters. The van der Waals surface area contributed by atoms with E-state index in [1.807, 2.05) is 66.7 Å². The zero-order valence-corrected chi connectivity index (χ0v) is 18.5. The zero-order valence-electron chi connectivity index (χ0n) is 18.5. The second-order valence-corrected chi connectivity index (χ2v) is 9.27. The van der Waals surface area contributed by atoms with Crippen molar-refractivity contribution in [2.24, 2.45) is 0 Å². The summed E-state index contributed by atoms with van der Waals surface area (Å²) in [6.45, 7) is 29.1. The first-order chi connectivity index (χ1) is 13.4. The van der Waals surface area contributed by atoms with Crippen LogP contribution < -0.4 is 0 Å². The van der Waals surface area contributed by atoms with E-state index in [4.69, 9.17) is 13.1 Å². The van der Waals surface area contributed by atoms with E-state index < -0.39 is 16.5 Å². The van der Waals surface area contributed by atoms with Gasteiger partial charge in [0.15, 0.2) is 0 Å². The van der Waals surface area contributed by atoms with Crippen molar-refractivity contribution >= 4 is 0 Å². The maximum absolute atomic E-state index is 9.52. The maximum atomic E-state index is 9.52. The molecule has 1 unspecified atom stereocenters. The van der Waals surface area contributed by atoms with Gasteiger partial charge in [0.2, 0.25) is 0 Å². The molecule has 2 aromatic carbocycles. The van der Waals surface area contributed by atoms with E-state index >= 15 is 0 Å². The fraction of sp³-hybridized carbons (Fsp3) is 0.423. The molecule has 148 valence electrons. The lowest BCUT2D eigenvalue weighted by Gasteiger charge is -2.23. The summed E-state index contributed by atoms with van der Waals surface area (Å²) >= 11 is 0. The number of hydrogen-bond donors (Lipinski definition) is 0. The molecule has 0 heterocycles. The highest BCUT2D eigenvalue weighted by Crippen LogP contribution is 2.36. The second kappa shape index (κ2) is 7.73. The summed E-state index contributed by atoms with van der Waals surface area (Å²) in [4.78, 5) is 7.79. The minimum absolute atomic E-state index is 0.550. The zero-order chi connectivity index (χ0) is 22.0. The van der Waals surface area contributed by atoms with Crippen LogP contribution in [0.3, 0.4) is 0 Å².